The summed E-state index contributed by atoms with van der Waals surface area (Å²) in [6, 6.07) is 11.4. The molecule has 0 aliphatic heterocycles. The molecule has 0 atom stereocenters. The predicted molar refractivity (Wildman–Crippen MR) is 82.4 cm³/mol. The maximum atomic E-state index is 13.1. The fourth-order valence-electron chi connectivity index (χ4n) is 2.12. The Morgan fingerprint density at radius 3 is 2.62 bits per heavy atom. The number of rotatable bonds is 5. The van der Waals surface area contributed by atoms with Crippen LogP contribution in [0.25, 0.3) is 0 Å². The van der Waals surface area contributed by atoms with E-state index in [1.165, 1.54) is 18.2 Å². The number of benzene rings is 2. The Kier molecular flexibility index (Phi) is 5.03. The van der Waals surface area contributed by atoms with Crippen LogP contribution in [-0.4, -0.2) is 16.9 Å². The first-order valence-electron chi connectivity index (χ1n) is 6.32. The molecule has 0 aliphatic rings. The van der Waals surface area contributed by atoms with Gasteiger partial charge in [0.15, 0.2) is 0 Å². The summed E-state index contributed by atoms with van der Waals surface area (Å²) >= 11 is 3.28. The van der Waals surface area contributed by atoms with Gasteiger partial charge in [-0.3, -0.25) is 15.0 Å². The molecule has 0 spiro atoms. The lowest BCUT2D eigenvalue weighted by Crippen LogP contribution is -2.17. The minimum atomic E-state index is -0.417. The van der Waals surface area contributed by atoms with Crippen molar-refractivity contribution in [1.82, 2.24) is 4.90 Å². The molecular weight excluding hydrogens is 339 g/mol. The number of nitro benzene ring substituents is 1. The monoisotopic (exact) mass is 352 g/mol. The highest BCUT2D eigenvalue weighted by Gasteiger charge is 2.15. The summed E-state index contributed by atoms with van der Waals surface area (Å²) in [4.78, 5) is 12.5. The van der Waals surface area contributed by atoms with Crippen LogP contribution in [-0.2, 0) is 13.1 Å². The molecule has 2 rings (SSSR count). The summed E-state index contributed by atoms with van der Waals surface area (Å²) in [6.07, 6.45) is 0. The minimum absolute atomic E-state index is 0.0478. The molecule has 0 heterocycles. The molecule has 0 aliphatic carbocycles. The molecule has 0 amide bonds. The Bertz CT molecular complexity index is 664. The van der Waals surface area contributed by atoms with Crippen LogP contribution in [0.2, 0.25) is 0 Å². The molecule has 4 nitrogen and oxygen atoms in total. The summed E-state index contributed by atoms with van der Waals surface area (Å²) < 4.78 is 13.6. The lowest BCUT2D eigenvalue weighted by Gasteiger charge is -2.17. The maximum absolute atomic E-state index is 13.1. The van der Waals surface area contributed by atoms with Gasteiger partial charge in [-0.05, 0) is 46.2 Å². The molecule has 110 valence electrons. The molecule has 2 aromatic carbocycles. The zero-order valence-electron chi connectivity index (χ0n) is 11.4. The van der Waals surface area contributed by atoms with Gasteiger partial charge in [0.25, 0.3) is 5.69 Å². The highest BCUT2D eigenvalue weighted by Crippen LogP contribution is 2.29. The van der Waals surface area contributed by atoms with Crippen molar-refractivity contribution in [3.8, 4) is 0 Å². The third kappa shape index (κ3) is 4.09. The molecule has 0 bridgehead atoms. The van der Waals surface area contributed by atoms with Gasteiger partial charge in [-0.1, -0.05) is 24.3 Å². The second-order valence-electron chi connectivity index (χ2n) is 4.81. The van der Waals surface area contributed by atoms with Crippen molar-refractivity contribution in [1.29, 1.82) is 0 Å². The van der Waals surface area contributed by atoms with Crippen LogP contribution in [0.1, 0.15) is 11.1 Å². The van der Waals surface area contributed by atoms with Crippen molar-refractivity contribution < 1.29 is 9.31 Å². The van der Waals surface area contributed by atoms with Gasteiger partial charge < -0.3 is 0 Å². The Morgan fingerprint density at radius 1 is 1.24 bits per heavy atom. The summed E-state index contributed by atoms with van der Waals surface area (Å²) in [5, 5.41) is 10.9. The quantitative estimate of drug-likeness (QED) is 0.600. The number of nitro groups is 1. The largest absolute Gasteiger partial charge is 0.298 e. The summed E-state index contributed by atoms with van der Waals surface area (Å²) in [5.41, 5.74) is 1.73. The lowest BCUT2D eigenvalue weighted by atomic mass is 10.1. The van der Waals surface area contributed by atoms with E-state index in [9.17, 15) is 14.5 Å². The Labute approximate surface area is 130 Å². The van der Waals surface area contributed by atoms with Gasteiger partial charge in [0.05, 0.1) is 9.40 Å². The number of hydrogen-bond acceptors (Lipinski definition) is 3. The van der Waals surface area contributed by atoms with E-state index in [4.69, 9.17) is 0 Å². The second-order valence-corrected chi connectivity index (χ2v) is 5.60. The molecule has 0 saturated heterocycles. The Morgan fingerprint density at radius 2 is 1.95 bits per heavy atom. The predicted octanol–water partition coefficient (Wildman–Crippen LogP) is 4.13. The van der Waals surface area contributed by atoms with Crippen LogP contribution in [0.15, 0.2) is 46.9 Å². The van der Waals surface area contributed by atoms with E-state index < -0.39 is 4.92 Å². The van der Waals surface area contributed by atoms with Gasteiger partial charge >= 0.3 is 0 Å². The van der Waals surface area contributed by atoms with E-state index in [1.807, 2.05) is 24.1 Å². The topological polar surface area (TPSA) is 46.4 Å². The van der Waals surface area contributed by atoms with Crippen molar-refractivity contribution in [3.63, 3.8) is 0 Å². The van der Waals surface area contributed by atoms with Crippen molar-refractivity contribution in [2.24, 2.45) is 0 Å². The van der Waals surface area contributed by atoms with E-state index in [1.54, 1.807) is 12.1 Å². The second kappa shape index (κ2) is 6.78. The van der Waals surface area contributed by atoms with Crippen LogP contribution in [0.5, 0.6) is 0 Å². The normalized spacial score (nSPS) is 10.9. The van der Waals surface area contributed by atoms with E-state index in [2.05, 4.69) is 15.9 Å². The van der Waals surface area contributed by atoms with Crippen molar-refractivity contribution in [2.75, 3.05) is 7.05 Å². The van der Waals surface area contributed by atoms with Crippen LogP contribution in [0.3, 0.4) is 0 Å². The third-order valence-corrected chi connectivity index (χ3v) is 3.95. The van der Waals surface area contributed by atoms with Crippen LogP contribution < -0.4 is 0 Å². The number of halogens is 2. The standard InChI is InChI=1S/C15H14BrFN2O2/c1-18(9-11-4-2-6-13(17)8-11)10-12-5-3-7-14(15(12)16)19(20)21/h2-8H,9-10H2,1H3. The summed E-state index contributed by atoms with van der Waals surface area (Å²) in [6.45, 7) is 1.09. The average molecular weight is 353 g/mol. The van der Waals surface area contributed by atoms with Gasteiger partial charge in [-0.15, -0.1) is 0 Å². The fourth-order valence-corrected chi connectivity index (χ4v) is 2.66. The van der Waals surface area contributed by atoms with Gasteiger partial charge in [0, 0.05) is 19.2 Å². The van der Waals surface area contributed by atoms with E-state index in [0.29, 0.717) is 17.6 Å². The van der Waals surface area contributed by atoms with Crippen LogP contribution in [0, 0.1) is 15.9 Å². The zero-order chi connectivity index (χ0) is 15.4. The maximum Gasteiger partial charge on any atom is 0.283 e. The van der Waals surface area contributed by atoms with Gasteiger partial charge in [0.2, 0.25) is 0 Å². The van der Waals surface area contributed by atoms with Crippen LogP contribution >= 0.6 is 15.9 Å². The molecule has 0 fully saturated rings. The lowest BCUT2D eigenvalue weighted by molar-refractivity contribution is -0.385. The smallest absolute Gasteiger partial charge is 0.283 e. The highest BCUT2D eigenvalue weighted by molar-refractivity contribution is 9.10. The zero-order valence-corrected chi connectivity index (χ0v) is 13.0. The van der Waals surface area contributed by atoms with Gasteiger partial charge in [-0.2, -0.15) is 0 Å². The summed E-state index contributed by atoms with van der Waals surface area (Å²) in [7, 11) is 1.89. The molecular formula is C15H14BrFN2O2. The molecule has 0 saturated carbocycles. The highest BCUT2D eigenvalue weighted by atomic mass is 79.9. The molecule has 0 unspecified atom stereocenters. The molecule has 2 aromatic rings. The molecule has 6 heteroatoms. The summed E-state index contributed by atoms with van der Waals surface area (Å²) in [5.74, 6) is -0.266. The first kappa shape index (κ1) is 15.6. The van der Waals surface area contributed by atoms with Crippen molar-refractivity contribution >= 4 is 21.6 Å². The third-order valence-electron chi connectivity index (χ3n) is 3.04. The minimum Gasteiger partial charge on any atom is -0.298 e. The molecule has 0 aromatic heterocycles. The van der Waals surface area contributed by atoms with Gasteiger partial charge in [-0.25, -0.2) is 4.39 Å². The molecule has 0 N–H and O–H groups in total. The SMILES string of the molecule is CN(Cc1cccc(F)c1)Cc1cccc([N+](=O)[O-])c1Br. The molecule has 0 radical (unpaired) electrons. The Hall–Kier alpha value is -1.79. The van der Waals surface area contributed by atoms with E-state index >= 15 is 0 Å². The number of hydrogen-bond donors (Lipinski definition) is 0. The Balaban J connectivity index is 2.11. The van der Waals surface area contributed by atoms with Crippen molar-refractivity contribution in [2.45, 2.75) is 13.1 Å². The van der Waals surface area contributed by atoms with E-state index in [0.717, 1.165) is 11.1 Å². The molecule has 21 heavy (non-hydrogen) atoms. The average Bonchev–Trinajstić information content (AvgIpc) is 2.40. The fraction of sp³-hybridized carbons (Fsp3) is 0.200. The van der Waals surface area contributed by atoms with Crippen LogP contribution in [0.4, 0.5) is 10.1 Å². The van der Waals surface area contributed by atoms with E-state index in [-0.39, 0.29) is 11.5 Å². The van der Waals surface area contributed by atoms with Crippen molar-refractivity contribution in [3.05, 3.63) is 74.0 Å². The first-order chi connectivity index (χ1) is 9.97. The first-order valence-corrected chi connectivity index (χ1v) is 7.11. The number of nitrogens with zero attached hydrogens (tertiary/aromatic N) is 2. The van der Waals surface area contributed by atoms with Gasteiger partial charge in [0.1, 0.15) is 5.82 Å².